The van der Waals surface area contributed by atoms with E-state index in [0.29, 0.717) is 19.4 Å². The van der Waals surface area contributed by atoms with Gasteiger partial charge in [-0.15, -0.1) is 0 Å². The lowest BCUT2D eigenvalue weighted by Gasteiger charge is -2.38. The molecule has 0 spiro atoms. The number of amidine groups is 1. The minimum Gasteiger partial charge on any atom is -0.409 e. The molecular weight excluding hydrogens is 254 g/mol. The number of nitrogens with zero attached hydrogens (tertiary/aromatic N) is 1. The molecule has 0 aromatic heterocycles. The maximum Gasteiger partial charge on any atom is 0.233 e. The number of nitrogens with two attached hydrogens (primary N) is 1. The number of rotatable bonds is 5. The monoisotopic (exact) mass is 281 g/mol. The second kappa shape index (κ2) is 6.46. The molecule has 2 unspecified atom stereocenters. The molecule has 0 aromatic carbocycles. The summed E-state index contributed by atoms with van der Waals surface area (Å²) in [6.45, 7) is 3.02. The first-order valence-electron chi connectivity index (χ1n) is 7.85. The van der Waals surface area contributed by atoms with Crippen molar-refractivity contribution in [2.45, 2.75) is 58.3 Å². The third-order valence-electron chi connectivity index (χ3n) is 5.12. The van der Waals surface area contributed by atoms with Crippen LogP contribution in [0.1, 0.15) is 58.3 Å². The molecule has 0 aliphatic heterocycles. The molecule has 20 heavy (non-hydrogen) atoms. The van der Waals surface area contributed by atoms with Crippen molar-refractivity contribution in [1.29, 1.82) is 0 Å². The van der Waals surface area contributed by atoms with Crippen LogP contribution >= 0.6 is 0 Å². The van der Waals surface area contributed by atoms with Crippen molar-refractivity contribution in [2.24, 2.45) is 28.1 Å². The molecule has 5 heteroatoms. The van der Waals surface area contributed by atoms with E-state index in [9.17, 15) is 4.79 Å². The van der Waals surface area contributed by atoms with Crippen LogP contribution in [0.25, 0.3) is 0 Å². The smallest absolute Gasteiger partial charge is 0.233 e. The summed E-state index contributed by atoms with van der Waals surface area (Å²) < 4.78 is 0. The largest absolute Gasteiger partial charge is 0.409 e. The number of carbonyl (C=O) groups excluding carboxylic acids is 1. The van der Waals surface area contributed by atoms with Gasteiger partial charge in [0.05, 0.1) is 0 Å². The van der Waals surface area contributed by atoms with Crippen molar-refractivity contribution in [3.63, 3.8) is 0 Å². The summed E-state index contributed by atoms with van der Waals surface area (Å²) in [6.07, 6.45) is 8.60. The predicted molar refractivity (Wildman–Crippen MR) is 78.4 cm³/mol. The first-order chi connectivity index (χ1) is 9.58. The van der Waals surface area contributed by atoms with Crippen LogP contribution in [0.3, 0.4) is 0 Å². The Morgan fingerprint density at radius 3 is 2.70 bits per heavy atom. The van der Waals surface area contributed by atoms with E-state index >= 15 is 0 Å². The van der Waals surface area contributed by atoms with Gasteiger partial charge in [0.15, 0.2) is 5.84 Å². The van der Waals surface area contributed by atoms with E-state index in [-0.39, 0.29) is 11.7 Å². The van der Waals surface area contributed by atoms with E-state index < -0.39 is 5.41 Å². The zero-order valence-electron chi connectivity index (χ0n) is 12.4. The van der Waals surface area contributed by atoms with E-state index in [1.54, 1.807) is 0 Å². The SMILES string of the molecule is CC1CCCC(CCNC(=O)C2(C(N)=NO)CCC2)C1. The molecule has 0 aromatic rings. The normalized spacial score (nSPS) is 29.6. The fourth-order valence-corrected chi connectivity index (χ4v) is 3.61. The lowest BCUT2D eigenvalue weighted by atomic mass is 9.67. The molecule has 2 atom stereocenters. The van der Waals surface area contributed by atoms with Gasteiger partial charge in [-0.3, -0.25) is 4.79 Å². The number of carbonyl (C=O) groups is 1. The molecule has 4 N–H and O–H groups in total. The Balaban J connectivity index is 1.77. The Kier molecular flexibility index (Phi) is 4.89. The van der Waals surface area contributed by atoms with Crippen molar-refractivity contribution in [3.05, 3.63) is 0 Å². The molecule has 5 nitrogen and oxygen atoms in total. The Hall–Kier alpha value is -1.26. The second-order valence-corrected chi connectivity index (χ2v) is 6.60. The molecule has 2 saturated carbocycles. The summed E-state index contributed by atoms with van der Waals surface area (Å²) in [7, 11) is 0. The zero-order valence-corrected chi connectivity index (χ0v) is 12.4. The minimum absolute atomic E-state index is 0.0625. The predicted octanol–water partition coefficient (Wildman–Crippen LogP) is 2.24. The Morgan fingerprint density at radius 1 is 1.40 bits per heavy atom. The quantitative estimate of drug-likeness (QED) is 0.312. The van der Waals surface area contributed by atoms with E-state index in [1.807, 2.05) is 0 Å². The van der Waals surface area contributed by atoms with E-state index in [4.69, 9.17) is 10.9 Å². The number of hydrogen-bond donors (Lipinski definition) is 3. The number of amides is 1. The molecule has 2 aliphatic rings. The minimum atomic E-state index is -0.741. The summed E-state index contributed by atoms with van der Waals surface area (Å²) in [4.78, 5) is 12.3. The molecule has 2 rings (SSSR count). The van der Waals surface area contributed by atoms with Crippen LogP contribution in [0.4, 0.5) is 0 Å². The number of hydrogen-bond acceptors (Lipinski definition) is 3. The third-order valence-corrected chi connectivity index (χ3v) is 5.12. The van der Waals surface area contributed by atoms with Gasteiger partial charge in [-0.1, -0.05) is 37.8 Å². The zero-order chi connectivity index (χ0) is 14.6. The average Bonchev–Trinajstić information content (AvgIpc) is 2.37. The van der Waals surface area contributed by atoms with Crippen molar-refractivity contribution < 1.29 is 10.0 Å². The van der Waals surface area contributed by atoms with Gasteiger partial charge >= 0.3 is 0 Å². The van der Waals surface area contributed by atoms with Gasteiger partial charge in [-0.05, 0) is 37.5 Å². The van der Waals surface area contributed by atoms with Gasteiger partial charge in [0.1, 0.15) is 5.41 Å². The highest BCUT2D eigenvalue weighted by atomic mass is 16.4. The summed E-state index contributed by atoms with van der Waals surface area (Å²) in [5.41, 5.74) is 4.94. The first-order valence-corrected chi connectivity index (χ1v) is 7.85. The third kappa shape index (κ3) is 3.07. The van der Waals surface area contributed by atoms with E-state index in [1.165, 1.54) is 25.7 Å². The summed E-state index contributed by atoms with van der Waals surface area (Å²) in [6, 6.07) is 0. The fourth-order valence-electron chi connectivity index (χ4n) is 3.61. The lowest BCUT2D eigenvalue weighted by molar-refractivity contribution is -0.131. The van der Waals surface area contributed by atoms with Gasteiger partial charge in [-0.25, -0.2) is 0 Å². The van der Waals surface area contributed by atoms with Crippen LogP contribution in [0, 0.1) is 17.3 Å². The molecule has 0 saturated heterocycles. The van der Waals surface area contributed by atoms with Crippen LogP contribution in [0.2, 0.25) is 0 Å². The molecule has 0 heterocycles. The molecule has 2 fully saturated rings. The molecule has 1 amide bonds. The number of nitrogens with one attached hydrogen (secondary N) is 1. The van der Waals surface area contributed by atoms with Crippen molar-refractivity contribution in [3.8, 4) is 0 Å². The van der Waals surface area contributed by atoms with E-state index in [2.05, 4.69) is 17.4 Å². The maximum absolute atomic E-state index is 12.3. The van der Waals surface area contributed by atoms with Crippen LogP contribution in [-0.2, 0) is 4.79 Å². The van der Waals surface area contributed by atoms with Crippen molar-refractivity contribution in [1.82, 2.24) is 5.32 Å². The molecule has 0 radical (unpaired) electrons. The van der Waals surface area contributed by atoms with Gasteiger partial charge in [0.25, 0.3) is 0 Å². The van der Waals surface area contributed by atoms with Gasteiger partial charge < -0.3 is 16.3 Å². The van der Waals surface area contributed by atoms with Crippen LogP contribution < -0.4 is 11.1 Å². The Morgan fingerprint density at radius 2 is 2.15 bits per heavy atom. The van der Waals surface area contributed by atoms with Crippen molar-refractivity contribution >= 4 is 11.7 Å². The Labute approximate surface area is 121 Å². The molecular formula is C15H27N3O2. The van der Waals surface area contributed by atoms with Crippen molar-refractivity contribution in [2.75, 3.05) is 6.54 Å². The van der Waals surface area contributed by atoms with Gasteiger partial charge in [0.2, 0.25) is 5.91 Å². The molecule has 0 bridgehead atoms. The molecule has 2 aliphatic carbocycles. The van der Waals surface area contributed by atoms with Gasteiger partial charge in [0, 0.05) is 6.54 Å². The van der Waals surface area contributed by atoms with E-state index in [0.717, 1.165) is 24.7 Å². The highest BCUT2D eigenvalue weighted by Crippen LogP contribution is 2.41. The summed E-state index contributed by atoms with van der Waals surface area (Å²) in [5.74, 6) is 1.55. The maximum atomic E-state index is 12.3. The average molecular weight is 281 g/mol. The van der Waals surface area contributed by atoms with Crippen LogP contribution in [0.5, 0.6) is 0 Å². The molecule has 114 valence electrons. The first kappa shape index (κ1) is 15.1. The fraction of sp³-hybridized carbons (Fsp3) is 0.867. The summed E-state index contributed by atoms with van der Waals surface area (Å²) in [5, 5.41) is 14.9. The highest BCUT2D eigenvalue weighted by Gasteiger charge is 2.48. The Bertz CT molecular complexity index is 377. The van der Waals surface area contributed by atoms with Gasteiger partial charge in [-0.2, -0.15) is 0 Å². The standard InChI is InChI=1S/C15H27N3O2/c1-11-4-2-5-12(10-11)6-9-17-14(19)15(7-3-8-15)13(16)18-20/h11-12,20H,2-10H2,1H3,(H2,16,18)(H,17,19). The lowest BCUT2D eigenvalue weighted by Crippen LogP contribution is -2.54. The highest BCUT2D eigenvalue weighted by molar-refractivity contribution is 6.07. The topological polar surface area (TPSA) is 87.7 Å². The summed E-state index contributed by atoms with van der Waals surface area (Å²) >= 11 is 0. The van der Waals surface area contributed by atoms with Crippen LogP contribution in [0.15, 0.2) is 5.16 Å². The van der Waals surface area contributed by atoms with Crippen LogP contribution in [-0.4, -0.2) is 23.5 Å². The second-order valence-electron chi connectivity index (χ2n) is 6.60. The number of oxime groups is 1.